The third-order valence-corrected chi connectivity index (χ3v) is 5.77. The molecule has 2 saturated heterocycles. The van der Waals surface area contributed by atoms with Crippen LogP contribution in [0.5, 0.6) is 5.75 Å². The molecule has 3 aliphatic rings. The average molecular weight is 393 g/mol. The maximum absolute atomic E-state index is 13.3. The number of alkyl halides is 2. The molecule has 2 atom stereocenters. The van der Waals surface area contributed by atoms with Crippen LogP contribution in [-0.4, -0.2) is 61.5 Å². The molecule has 1 aliphatic carbocycles. The number of carbonyl (C=O) groups is 2. The highest BCUT2D eigenvalue weighted by molar-refractivity contribution is 5.99. The van der Waals surface area contributed by atoms with Crippen molar-refractivity contribution in [3.63, 3.8) is 0 Å². The van der Waals surface area contributed by atoms with E-state index >= 15 is 0 Å². The van der Waals surface area contributed by atoms with Crippen molar-refractivity contribution in [2.45, 2.75) is 44.2 Å². The second kappa shape index (κ2) is 6.90. The van der Waals surface area contributed by atoms with E-state index in [9.17, 15) is 18.4 Å². The van der Waals surface area contributed by atoms with Gasteiger partial charge >= 0.3 is 0 Å². The zero-order valence-electron chi connectivity index (χ0n) is 16.1. The lowest BCUT2D eigenvalue weighted by atomic mass is 10.1. The van der Waals surface area contributed by atoms with E-state index in [-0.39, 0.29) is 30.9 Å². The van der Waals surface area contributed by atoms with Gasteiger partial charge < -0.3 is 19.9 Å². The van der Waals surface area contributed by atoms with Crippen molar-refractivity contribution in [1.29, 1.82) is 0 Å². The average Bonchev–Trinajstić information content (AvgIpc) is 3.42. The quantitative estimate of drug-likeness (QED) is 0.806. The number of ether oxygens (including phenoxy) is 1. The highest BCUT2D eigenvalue weighted by Gasteiger charge is 2.45. The lowest BCUT2D eigenvalue weighted by Crippen LogP contribution is -2.56. The van der Waals surface area contributed by atoms with Gasteiger partial charge in [-0.25, -0.2) is 8.78 Å². The number of anilines is 1. The first-order valence-electron chi connectivity index (χ1n) is 9.71. The van der Waals surface area contributed by atoms with Crippen LogP contribution in [0.2, 0.25) is 0 Å². The van der Waals surface area contributed by atoms with E-state index in [1.165, 1.54) is 0 Å². The van der Waals surface area contributed by atoms with Crippen LogP contribution in [0.15, 0.2) is 18.2 Å². The standard InChI is InChI=1S/C20H25F2N3O3/c1-12-7-15(19(27)24(12)2)23-18(26)14-5-6-16(25-10-20(21,22)11-25)17(8-14)28-9-13-3-4-13/h5-6,8,12-13,15H,3-4,7,9-11H2,1-2H3,(H,23,26)/t12?,15-/m0/s1. The molecule has 152 valence electrons. The summed E-state index contributed by atoms with van der Waals surface area (Å²) < 4.78 is 32.4. The third kappa shape index (κ3) is 3.77. The molecule has 2 aliphatic heterocycles. The fourth-order valence-electron chi connectivity index (χ4n) is 3.63. The van der Waals surface area contributed by atoms with Gasteiger partial charge in [-0.05, 0) is 50.3 Å². The Morgan fingerprint density at radius 2 is 2.04 bits per heavy atom. The number of rotatable bonds is 6. The monoisotopic (exact) mass is 393 g/mol. The normalized spacial score (nSPS) is 26.2. The summed E-state index contributed by atoms with van der Waals surface area (Å²) in [6.07, 6.45) is 2.77. The molecule has 28 heavy (non-hydrogen) atoms. The van der Waals surface area contributed by atoms with Gasteiger partial charge in [-0.2, -0.15) is 0 Å². The highest BCUT2D eigenvalue weighted by atomic mass is 19.3. The second-order valence-electron chi connectivity index (χ2n) is 8.21. The number of benzene rings is 1. The maximum Gasteiger partial charge on any atom is 0.282 e. The summed E-state index contributed by atoms with van der Waals surface area (Å²) in [6, 6.07) is 4.37. The Hall–Kier alpha value is -2.38. The molecule has 4 rings (SSSR count). The Labute approximate surface area is 162 Å². The highest BCUT2D eigenvalue weighted by Crippen LogP contribution is 2.39. The lowest BCUT2D eigenvalue weighted by Gasteiger charge is -2.41. The summed E-state index contributed by atoms with van der Waals surface area (Å²) in [5, 5.41) is 2.78. The molecule has 3 fully saturated rings. The minimum absolute atomic E-state index is 0.0747. The Kier molecular flexibility index (Phi) is 4.67. The fraction of sp³-hybridized carbons (Fsp3) is 0.600. The fourth-order valence-corrected chi connectivity index (χ4v) is 3.63. The SMILES string of the molecule is CC1C[C@H](NC(=O)c2ccc(N3CC(F)(F)C3)c(OCC3CC3)c2)C(=O)N1C. The minimum atomic E-state index is -2.69. The van der Waals surface area contributed by atoms with E-state index in [1.807, 2.05) is 6.92 Å². The van der Waals surface area contributed by atoms with Gasteiger partial charge in [0.15, 0.2) is 0 Å². The molecule has 1 saturated carbocycles. The van der Waals surface area contributed by atoms with E-state index in [0.29, 0.717) is 35.9 Å². The molecule has 6 nitrogen and oxygen atoms in total. The van der Waals surface area contributed by atoms with Crippen molar-refractivity contribution < 1.29 is 23.1 Å². The number of carbonyl (C=O) groups excluding carboxylic acids is 2. The van der Waals surface area contributed by atoms with Crippen molar-refractivity contribution in [2.75, 3.05) is 31.6 Å². The first-order valence-corrected chi connectivity index (χ1v) is 9.71. The molecule has 8 heteroatoms. The molecule has 0 radical (unpaired) electrons. The number of nitrogens with one attached hydrogen (secondary N) is 1. The topological polar surface area (TPSA) is 61.9 Å². The van der Waals surface area contributed by atoms with Crippen LogP contribution in [0.1, 0.15) is 36.5 Å². The summed E-state index contributed by atoms with van der Waals surface area (Å²) in [6.45, 7) is 1.76. The first kappa shape index (κ1) is 19.0. The Bertz CT molecular complexity index is 789. The van der Waals surface area contributed by atoms with E-state index in [1.54, 1.807) is 35.0 Å². The van der Waals surface area contributed by atoms with Crippen LogP contribution in [0.25, 0.3) is 0 Å². The number of amides is 2. The van der Waals surface area contributed by atoms with E-state index in [2.05, 4.69) is 5.32 Å². The van der Waals surface area contributed by atoms with Crippen LogP contribution < -0.4 is 15.0 Å². The molecule has 1 unspecified atom stereocenters. The zero-order valence-corrected chi connectivity index (χ0v) is 16.1. The molecule has 2 amide bonds. The van der Waals surface area contributed by atoms with Crippen LogP contribution in [0.3, 0.4) is 0 Å². The van der Waals surface area contributed by atoms with E-state index < -0.39 is 12.0 Å². The van der Waals surface area contributed by atoms with Crippen molar-refractivity contribution in [2.24, 2.45) is 5.92 Å². The molecule has 1 aromatic rings. The van der Waals surface area contributed by atoms with Gasteiger partial charge in [0, 0.05) is 18.7 Å². The molecule has 0 aromatic heterocycles. The lowest BCUT2D eigenvalue weighted by molar-refractivity contribution is -0.128. The van der Waals surface area contributed by atoms with E-state index in [4.69, 9.17) is 4.74 Å². The Balaban J connectivity index is 1.49. The molecular formula is C20H25F2N3O3. The van der Waals surface area contributed by atoms with Gasteiger partial charge in [-0.15, -0.1) is 0 Å². The first-order chi connectivity index (χ1) is 13.2. The van der Waals surface area contributed by atoms with Gasteiger partial charge in [0.05, 0.1) is 25.4 Å². The zero-order chi connectivity index (χ0) is 20.1. The minimum Gasteiger partial charge on any atom is -0.491 e. The van der Waals surface area contributed by atoms with Crippen LogP contribution in [0.4, 0.5) is 14.5 Å². The van der Waals surface area contributed by atoms with E-state index in [0.717, 1.165) is 12.8 Å². The molecule has 2 heterocycles. The molecule has 1 aromatic carbocycles. The van der Waals surface area contributed by atoms with Crippen molar-refractivity contribution in [3.05, 3.63) is 23.8 Å². The summed E-state index contributed by atoms with van der Waals surface area (Å²) in [4.78, 5) is 28.0. The van der Waals surface area contributed by atoms with Crippen LogP contribution in [0, 0.1) is 5.92 Å². The molecule has 1 N–H and O–H groups in total. The number of halogens is 2. The predicted molar refractivity (Wildman–Crippen MR) is 99.9 cm³/mol. The number of hydrogen-bond donors (Lipinski definition) is 1. The number of nitrogens with zero attached hydrogens (tertiary/aromatic N) is 2. The second-order valence-corrected chi connectivity index (χ2v) is 8.21. The molecule has 0 spiro atoms. The van der Waals surface area contributed by atoms with Gasteiger partial charge in [0.25, 0.3) is 11.8 Å². The van der Waals surface area contributed by atoms with Gasteiger partial charge in [-0.1, -0.05) is 0 Å². The van der Waals surface area contributed by atoms with Crippen LogP contribution in [-0.2, 0) is 4.79 Å². The maximum atomic E-state index is 13.3. The predicted octanol–water partition coefficient (Wildman–Crippen LogP) is 2.28. The largest absolute Gasteiger partial charge is 0.491 e. The van der Waals surface area contributed by atoms with Gasteiger partial charge in [0.1, 0.15) is 11.8 Å². The third-order valence-electron chi connectivity index (χ3n) is 5.77. The van der Waals surface area contributed by atoms with Gasteiger partial charge in [0.2, 0.25) is 5.91 Å². The Morgan fingerprint density at radius 1 is 1.32 bits per heavy atom. The summed E-state index contributed by atoms with van der Waals surface area (Å²) in [7, 11) is 1.72. The van der Waals surface area contributed by atoms with Crippen molar-refractivity contribution >= 4 is 17.5 Å². The Morgan fingerprint density at radius 3 is 2.61 bits per heavy atom. The van der Waals surface area contributed by atoms with Gasteiger partial charge in [-0.3, -0.25) is 9.59 Å². The van der Waals surface area contributed by atoms with Crippen LogP contribution >= 0.6 is 0 Å². The number of hydrogen-bond acceptors (Lipinski definition) is 4. The van der Waals surface area contributed by atoms with Crippen molar-refractivity contribution in [1.82, 2.24) is 10.2 Å². The molecule has 0 bridgehead atoms. The number of likely N-dealkylation sites (N-methyl/N-ethyl adjacent to an activating group) is 1. The summed E-state index contributed by atoms with van der Waals surface area (Å²) >= 11 is 0. The molecular weight excluding hydrogens is 368 g/mol. The number of likely N-dealkylation sites (tertiary alicyclic amines) is 1. The van der Waals surface area contributed by atoms with Crippen molar-refractivity contribution in [3.8, 4) is 5.75 Å². The smallest absolute Gasteiger partial charge is 0.282 e. The summed E-state index contributed by atoms with van der Waals surface area (Å²) in [5.41, 5.74) is 0.935. The summed E-state index contributed by atoms with van der Waals surface area (Å²) in [5.74, 6) is -2.22.